The summed E-state index contributed by atoms with van der Waals surface area (Å²) in [4.78, 5) is 2.72. The Labute approximate surface area is 109 Å². The van der Waals surface area contributed by atoms with E-state index in [0.717, 1.165) is 11.0 Å². The Morgan fingerprint density at radius 3 is 2.75 bits per heavy atom. The van der Waals surface area contributed by atoms with Crippen molar-refractivity contribution in [3.8, 4) is 10.4 Å². The van der Waals surface area contributed by atoms with E-state index in [1.54, 1.807) is 0 Å². The lowest BCUT2D eigenvalue weighted by Gasteiger charge is -2.03. The van der Waals surface area contributed by atoms with E-state index in [1.165, 1.54) is 20.9 Å². The molecule has 0 atom stereocenters. The van der Waals surface area contributed by atoms with Crippen molar-refractivity contribution in [2.24, 2.45) is 0 Å². The first-order valence-electron chi connectivity index (χ1n) is 5.20. The van der Waals surface area contributed by atoms with Crippen molar-refractivity contribution < 1.29 is 0 Å². The number of nitrogens with one attached hydrogen (secondary N) is 1. The van der Waals surface area contributed by atoms with Gasteiger partial charge in [-0.3, -0.25) is 0 Å². The van der Waals surface area contributed by atoms with Crippen LogP contribution in [0, 0.1) is 6.92 Å². The van der Waals surface area contributed by atoms with E-state index in [0.29, 0.717) is 0 Å². The van der Waals surface area contributed by atoms with Crippen LogP contribution in [0.4, 0.5) is 0 Å². The normalized spacial score (nSPS) is 10.7. The SMILES string of the molecule is CNCc1ccc(-c2ccc(Br)cc2C)s1. The Bertz CT molecular complexity index is 490. The summed E-state index contributed by atoms with van der Waals surface area (Å²) < 4.78 is 1.14. The van der Waals surface area contributed by atoms with Gasteiger partial charge in [-0.25, -0.2) is 0 Å². The van der Waals surface area contributed by atoms with Crippen LogP contribution in [0.2, 0.25) is 0 Å². The molecule has 2 rings (SSSR count). The number of hydrogen-bond donors (Lipinski definition) is 1. The van der Waals surface area contributed by atoms with Gasteiger partial charge in [0, 0.05) is 20.8 Å². The lowest BCUT2D eigenvalue weighted by molar-refractivity contribution is 0.831. The van der Waals surface area contributed by atoms with Gasteiger partial charge >= 0.3 is 0 Å². The third kappa shape index (κ3) is 2.54. The quantitative estimate of drug-likeness (QED) is 0.895. The van der Waals surface area contributed by atoms with Crippen LogP contribution in [0.25, 0.3) is 10.4 Å². The Hall–Kier alpha value is -0.640. The number of benzene rings is 1. The van der Waals surface area contributed by atoms with Gasteiger partial charge in [-0.05, 0) is 49.4 Å². The van der Waals surface area contributed by atoms with Crippen LogP contribution in [0.1, 0.15) is 10.4 Å². The molecule has 84 valence electrons. The Morgan fingerprint density at radius 2 is 2.06 bits per heavy atom. The third-order valence-electron chi connectivity index (χ3n) is 2.47. The van der Waals surface area contributed by atoms with Crippen LogP contribution < -0.4 is 5.32 Å². The molecule has 1 nitrogen and oxygen atoms in total. The fraction of sp³-hybridized carbons (Fsp3) is 0.231. The molecule has 0 aliphatic carbocycles. The number of thiophene rings is 1. The van der Waals surface area contributed by atoms with E-state index in [2.05, 4.69) is 58.5 Å². The number of aryl methyl sites for hydroxylation is 1. The van der Waals surface area contributed by atoms with Gasteiger partial charge in [0.2, 0.25) is 0 Å². The highest BCUT2D eigenvalue weighted by atomic mass is 79.9. The van der Waals surface area contributed by atoms with Crippen molar-refractivity contribution >= 4 is 27.3 Å². The van der Waals surface area contributed by atoms with Crippen LogP contribution in [0.15, 0.2) is 34.8 Å². The molecule has 0 fully saturated rings. The zero-order valence-corrected chi connectivity index (χ0v) is 11.8. The van der Waals surface area contributed by atoms with Crippen molar-refractivity contribution in [1.29, 1.82) is 0 Å². The van der Waals surface area contributed by atoms with E-state index in [9.17, 15) is 0 Å². The fourth-order valence-electron chi connectivity index (χ4n) is 1.70. The first-order chi connectivity index (χ1) is 7.70. The zero-order valence-electron chi connectivity index (χ0n) is 9.38. The molecular formula is C13H14BrNS. The van der Waals surface area contributed by atoms with Crippen LogP contribution in [-0.4, -0.2) is 7.05 Å². The number of halogens is 1. The maximum Gasteiger partial charge on any atom is 0.0348 e. The minimum absolute atomic E-state index is 0.945. The lowest BCUT2D eigenvalue weighted by Crippen LogP contribution is -2.02. The summed E-state index contributed by atoms with van der Waals surface area (Å²) in [6.07, 6.45) is 0. The molecule has 1 heterocycles. The van der Waals surface area contributed by atoms with Gasteiger partial charge < -0.3 is 5.32 Å². The highest BCUT2D eigenvalue weighted by Gasteiger charge is 2.05. The van der Waals surface area contributed by atoms with E-state index in [1.807, 2.05) is 18.4 Å². The zero-order chi connectivity index (χ0) is 11.5. The van der Waals surface area contributed by atoms with Crippen molar-refractivity contribution in [3.05, 3.63) is 45.2 Å². The van der Waals surface area contributed by atoms with Gasteiger partial charge in [0.1, 0.15) is 0 Å². The Balaban J connectivity index is 2.35. The average molecular weight is 296 g/mol. The van der Waals surface area contributed by atoms with E-state index < -0.39 is 0 Å². The molecule has 0 radical (unpaired) electrons. The number of rotatable bonds is 3. The summed E-state index contributed by atoms with van der Waals surface area (Å²) in [6, 6.07) is 10.8. The Kier molecular flexibility index (Phi) is 3.79. The molecule has 2 aromatic rings. The average Bonchev–Trinajstić information content (AvgIpc) is 2.67. The first-order valence-corrected chi connectivity index (χ1v) is 6.81. The molecular weight excluding hydrogens is 282 g/mol. The van der Waals surface area contributed by atoms with Gasteiger partial charge in [-0.15, -0.1) is 11.3 Å². The minimum atomic E-state index is 0.945. The van der Waals surface area contributed by atoms with Crippen molar-refractivity contribution in [2.45, 2.75) is 13.5 Å². The molecule has 0 saturated carbocycles. The standard InChI is InChI=1S/C13H14BrNS/c1-9-7-10(14)3-5-12(9)13-6-4-11(16-13)8-15-2/h3-7,15H,8H2,1-2H3. The molecule has 1 N–H and O–H groups in total. The van der Waals surface area contributed by atoms with Gasteiger partial charge in [-0.1, -0.05) is 22.0 Å². The largest absolute Gasteiger partial charge is 0.315 e. The second kappa shape index (κ2) is 5.13. The van der Waals surface area contributed by atoms with Gasteiger partial charge in [0.15, 0.2) is 0 Å². The van der Waals surface area contributed by atoms with Crippen molar-refractivity contribution in [2.75, 3.05) is 7.05 Å². The minimum Gasteiger partial charge on any atom is -0.315 e. The topological polar surface area (TPSA) is 12.0 Å². The van der Waals surface area contributed by atoms with E-state index in [-0.39, 0.29) is 0 Å². The summed E-state index contributed by atoms with van der Waals surface area (Å²) in [6.45, 7) is 3.10. The Morgan fingerprint density at radius 1 is 1.25 bits per heavy atom. The molecule has 0 saturated heterocycles. The summed E-state index contributed by atoms with van der Waals surface area (Å²) >= 11 is 5.35. The van der Waals surface area contributed by atoms with Gasteiger partial charge in [0.05, 0.1) is 0 Å². The van der Waals surface area contributed by atoms with Gasteiger partial charge in [-0.2, -0.15) is 0 Å². The third-order valence-corrected chi connectivity index (χ3v) is 4.08. The molecule has 0 unspecified atom stereocenters. The summed E-state index contributed by atoms with van der Waals surface area (Å²) in [5, 5.41) is 3.18. The lowest BCUT2D eigenvalue weighted by atomic mass is 10.1. The number of hydrogen-bond acceptors (Lipinski definition) is 2. The molecule has 1 aromatic heterocycles. The highest BCUT2D eigenvalue weighted by molar-refractivity contribution is 9.10. The molecule has 0 amide bonds. The van der Waals surface area contributed by atoms with Crippen LogP contribution >= 0.6 is 27.3 Å². The first kappa shape index (κ1) is 11.8. The van der Waals surface area contributed by atoms with Gasteiger partial charge in [0.25, 0.3) is 0 Å². The monoisotopic (exact) mass is 295 g/mol. The van der Waals surface area contributed by atoms with E-state index in [4.69, 9.17) is 0 Å². The predicted octanol–water partition coefficient (Wildman–Crippen LogP) is 4.21. The molecule has 0 aliphatic heterocycles. The summed E-state index contributed by atoms with van der Waals surface area (Å²) in [5.74, 6) is 0. The van der Waals surface area contributed by atoms with Crippen molar-refractivity contribution in [3.63, 3.8) is 0 Å². The summed E-state index contributed by atoms with van der Waals surface area (Å²) in [5.41, 5.74) is 2.64. The van der Waals surface area contributed by atoms with Crippen LogP contribution in [0.5, 0.6) is 0 Å². The summed E-state index contributed by atoms with van der Waals surface area (Å²) in [7, 11) is 1.98. The maximum atomic E-state index is 3.49. The highest BCUT2D eigenvalue weighted by Crippen LogP contribution is 2.31. The molecule has 3 heteroatoms. The smallest absolute Gasteiger partial charge is 0.0348 e. The molecule has 16 heavy (non-hydrogen) atoms. The molecule has 0 aliphatic rings. The fourth-order valence-corrected chi connectivity index (χ4v) is 3.28. The predicted molar refractivity (Wildman–Crippen MR) is 75.0 cm³/mol. The molecule has 0 bridgehead atoms. The van der Waals surface area contributed by atoms with Crippen molar-refractivity contribution in [1.82, 2.24) is 5.32 Å². The molecule has 1 aromatic carbocycles. The maximum absolute atomic E-state index is 3.49. The van der Waals surface area contributed by atoms with Crippen LogP contribution in [-0.2, 0) is 6.54 Å². The van der Waals surface area contributed by atoms with Crippen LogP contribution in [0.3, 0.4) is 0 Å². The molecule has 0 spiro atoms. The second-order valence-corrected chi connectivity index (χ2v) is 5.84. The van der Waals surface area contributed by atoms with E-state index >= 15 is 0 Å². The second-order valence-electron chi connectivity index (χ2n) is 3.76.